The van der Waals surface area contributed by atoms with Gasteiger partial charge in [0.15, 0.2) is 0 Å². The Morgan fingerprint density at radius 2 is 1.77 bits per heavy atom. The predicted molar refractivity (Wildman–Crippen MR) is 115 cm³/mol. The lowest BCUT2D eigenvalue weighted by Gasteiger charge is -2.38. The van der Waals surface area contributed by atoms with Crippen molar-refractivity contribution in [2.45, 2.75) is 37.8 Å². The van der Waals surface area contributed by atoms with Crippen LogP contribution < -0.4 is 11.3 Å². The molecule has 0 bridgehead atoms. The average Bonchev–Trinajstić information content (AvgIpc) is 3.15. The number of rotatable bonds is 5. The second kappa shape index (κ2) is 7.42. The van der Waals surface area contributed by atoms with E-state index in [4.69, 9.17) is 10.2 Å². The molecule has 5 nitrogen and oxygen atoms in total. The molecule has 1 fully saturated rings. The summed E-state index contributed by atoms with van der Waals surface area (Å²) in [6.07, 6.45) is 1.48. The van der Waals surface area contributed by atoms with E-state index in [2.05, 4.69) is 4.98 Å². The van der Waals surface area contributed by atoms with Crippen LogP contribution in [0.15, 0.2) is 70.1 Å². The van der Waals surface area contributed by atoms with Crippen LogP contribution in [0, 0.1) is 0 Å². The zero-order chi connectivity index (χ0) is 21.6. The maximum atomic E-state index is 13.0. The summed E-state index contributed by atoms with van der Waals surface area (Å²) in [6.45, 7) is -0.718. The summed E-state index contributed by atoms with van der Waals surface area (Å²) in [5.74, 6) is 0.479. The van der Waals surface area contributed by atoms with Crippen molar-refractivity contribution >= 4 is 11.1 Å². The first-order valence-corrected chi connectivity index (χ1v) is 10.2. The van der Waals surface area contributed by atoms with Crippen molar-refractivity contribution < 1.29 is 13.2 Å². The first kappa shape index (κ1) is 19.6. The van der Waals surface area contributed by atoms with Crippen molar-refractivity contribution in [2.24, 2.45) is 5.73 Å². The topological polar surface area (TPSA) is 74.0 Å². The normalized spacial score (nSPS) is 15.4. The SMILES string of the molecule is NC1(c2ccc(-c3oc4ncn(CC(F)F)c(=O)c4c3-c3ccccc3)cc2)CCC1. The van der Waals surface area contributed by atoms with Gasteiger partial charge >= 0.3 is 0 Å². The second-order valence-corrected chi connectivity index (χ2v) is 8.03. The molecule has 0 unspecified atom stereocenters. The number of halogens is 2. The maximum absolute atomic E-state index is 13.0. The Kier molecular flexibility index (Phi) is 4.70. The van der Waals surface area contributed by atoms with Crippen molar-refractivity contribution in [3.8, 4) is 22.5 Å². The van der Waals surface area contributed by atoms with E-state index in [0.29, 0.717) is 11.3 Å². The van der Waals surface area contributed by atoms with Gasteiger partial charge in [-0.25, -0.2) is 13.8 Å². The highest BCUT2D eigenvalue weighted by Gasteiger charge is 2.34. The predicted octanol–water partition coefficient (Wildman–Crippen LogP) is 4.93. The highest BCUT2D eigenvalue weighted by Crippen LogP contribution is 2.41. The molecule has 2 aromatic carbocycles. The van der Waals surface area contributed by atoms with Gasteiger partial charge in [0.1, 0.15) is 17.5 Å². The van der Waals surface area contributed by atoms with E-state index in [9.17, 15) is 13.6 Å². The quantitative estimate of drug-likeness (QED) is 0.496. The Balaban J connectivity index is 1.71. The first-order chi connectivity index (χ1) is 15.0. The van der Waals surface area contributed by atoms with Crippen LogP contribution in [0.25, 0.3) is 33.6 Å². The van der Waals surface area contributed by atoms with Crippen molar-refractivity contribution in [3.63, 3.8) is 0 Å². The molecule has 0 atom stereocenters. The van der Waals surface area contributed by atoms with Gasteiger partial charge in [-0.3, -0.25) is 9.36 Å². The molecule has 4 aromatic rings. The minimum Gasteiger partial charge on any atom is -0.437 e. The van der Waals surface area contributed by atoms with Crippen LogP contribution in [0.4, 0.5) is 8.78 Å². The number of fused-ring (bicyclic) bond motifs is 1. The number of aromatic nitrogens is 2. The molecule has 7 heteroatoms. The summed E-state index contributed by atoms with van der Waals surface area (Å²) >= 11 is 0. The van der Waals surface area contributed by atoms with Crippen LogP contribution in [-0.2, 0) is 12.1 Å². The zero-order valence-corrected chi connectivity index (χ0v) is 16.7. The van der Waals surface area contributed by atoms with Gasteiger partial charge in [0, 0.05) is 16.7 Å². The van der Waals surface area contributed by atoms with E-state index in [1.54, 1.807) is 0 Å². The lowest BCUT2D eigenvalue weighted by Crippen LogP contribution is -2.43. The third-order valence-electron chi connectivity index (χ3n) is 6.04. The van der Waals surface area contributed by atoms with E-state index in [1.165, 1.54) is 0 Å². The largest absolute Gasteiger partial charge is 0.437 e. The van der Waals surface area contributed by atoms with Crippen molar-refractivity contribution in [3.05, 3.63) is 76.8 Å². The third kappa shape index (κ3) is 3.35. The van der Waals surface area contributed by atoms with E-state index < -0.39 is 18.5 Å². The summed E-state index contributed by atoms with van der Waals surface area (Å²) in [7, 11) is 0. The van der Waals surface area contributed by atoms with Crippen molar-refractivity contribution in [2.75, 3.05) is 0 Å². The van der Waals surface area contributed by atoms with Gasteiger partial charge in [0.2, 0.25) is 5.71 Å². The summed E-state index contributed by atoms with van der Waals surface area (Å²) < 4.78 is 32.8. The van der Waals surface area contributed by atoms with Gasteiger partial charge in [-0.15, -0.1) is 0 Å². The van der Waals surface area contributed by atoms with Crippen LogP contribution >= 0.6 is 0 Å². The summed E-state index contributed by atoms with van der Waals surface area (Å²) in [6, 6.07) is 17.1. The standard InChI is InChI=1S/C24H21F2N3O2/c25-18(26)13-29-14-28-22-20(23(29)30)19(15-5-2-1-3-6-15)21(31-22)16-7-9-17(10-8-16)24(27)11-4-12-24/h1-3,5-10,14,18H,4,11-13,27H2. The molecule has 31 heavy (non-hydrogen) atoms. The van der Waals surface area contributed by atoms with Gasteiger partial charge < -0.3 is 10.2 Å². The molecule has 1 aliphatic rings. The molecule has 0 radical (unpaired) electrons. The highest BCUT2D eigenvalue weighted by molar-refractivity contribution is 5.99. The lowest BCUT2D eigenvalue weighted by atomic mass is 9.72. The molecular weight excluding hydrogens is 400 g/mol. The fraction of sp³-hybridized carbons (Fsp3) is 0.250. The molecular formula is C24H21F2N3O2. The monoisotopic (exact) mass is 421 g/mol. The molecule has 158 valence electrons. The number of hydrogen-bond acceptors (Lipinski definition) is 4. The summed E-state index contributed by atoms with van der Waals surface area (Å²) in [5, 5.41) is 0.197. The van der Waals surface area contributed by atoms with Crippen LogP contribution in [0.3, 0.4) is 0 Å². The van der Waals surface area contributed by atoms with Gasteiger partial charge in [-0.2, -0.15) is 0 Å². The maximum Gasteiger partial charge on any atom is 0.265 e. The Bertz CT molecular complexity index is 1290. The second-order valence-electron chi connectivity index (χ2n) is 8.03. The number of alkyl halides is 2. The average molecular weight is 421 g/mol. The molecule has 2 heterocycles. The molecule has 0 amide bonds. The van der Waals surface area contributed by atoms with E-state index in [0.717, 1.165) is 46.8 Å². The van der Waals surface area contributed by atoms with Crippen LogP contribution in [0.1, 0.15) is 24.8 Å². The van der Waals surface area contributed by atoms with E-state index in [-0.39, 0.29) is 16.6 Å². The van der Waals surface area contributed by atoms with Gasteiger partial charge in [-0.05, 0) is 30.4 Å². The fourth-order valence-corrected chi connectivity index (χ4v) is 4.19. The molecule has 2 N–H and O–H groups in total. The van der Waals surface area contributed by atoms with Crippen LogP contribution in [-0.4, -0.2) is 16.0 Å². The number of hydrogen-bond donors (Lipinski definition) is 1. The zero-order valence-electron chi connectivity index (χ0n) is 16.7. The first-order valence-electron chi connectivity index (χ1n) is 10.2. The van der Waals surface area contributed by atoms with Crippen LogP contribution in [0.5, 0.6) is 0 Å². The minimum absolute atomic E-state index is 0.128. The summed E-state index contributed by atoms with van der Waals surface area (Å²) in [5.41, 5.74) is 8.87. The third-order valence-corrected chi connectivity index (χ3v) is 6.04. The molecule has 5 rings (SSSR count). The molecule has 2 aromatic heterocycles. The van der Waals surface area contributed by atoms with Gasteiger partial charge in [-0.1, -0.05) is 54.6 Å². The molecule has 0 spiro atoms. The fourth-order valence-electron chi connectivity index (χ4n) is 4.19. The lowest BCUT2D eigenvalue weighted by molar-refractivity contribution is 0.125. The minimum atomic E-state index is -2.66. The Labute approximate surface area is 177 Å². The molecule has 1 saturated carbocycles. The molecule has 1 aliphatic carbocycles. The van der Waals surface area contributed by atoms with Crippen LogP contribution in [0.2, 0.25) is 0 Å². The number of nitrogens with two attached hydrogens (primary N) is 1. The van der Waals surface area contributed by atoms with Crippen molar-refractivity contribution in [1.29, 1.82) is 0 Å². The smallest absolute Gasteiger partial charge is 0.265 e. The van der Waals surface area contributed by atoms with E-state index in [1.807, 2.05) is 54.6 Å². The number of benzene rings is 2. The number of nitrogens with zero attached hydrogens (tertiary/aromatic N) is 2. The highest BCUT2D eigenvalue weighted by atomic mass is 19.3. The van der Waals surface area contributed by atoms with Crippen molar-refractivity contribution in [1.82, 2.24) is 9.55 Å². The Morgan fingerprint density at radius 3 is 2.39 bits per heavy atom. The Morgan fingerprint density at radius 1 is 1.06 bits per heavy atom. The van der Waals surface area contributed by atoms with E-state index >= 15 is 0 Å². The molecule has 0 aliphatic heterocycles. The van der Waals surface area contributed by atoms with Gasteiger partial charge in [0.25, 0.3) is 12.0 Å². The molecule has 0 saturated heterocycles. The number of furan rings is 1. The summed E-state index contributed by atoms with van der Waals surface area (Å²) in [4.78, 5) is 17.2. The van der Waals surface area contributed by atoms with Gasteiger partial charge in [0.05, 0.1) is 6.54 Å². The Hall–Kier alpha value is -3.32.